The summed E-state index contributed by atoms with van der Waals surface area (Å²) < 4.78 is 48.1. The summed E-state index contributed by atoms with van der Waals surface area (Å²) in [7, 11) is 0.932. The summed E-state index contributed by atoms with van der Waals surface area (Å²) in [6.07, 6.45) is -6.66. The quantitative estimate of drug-likeness (QED) is 0.806. The van der Waals surface area contributed by atoms with Gasteiger partial charge in [0.15, 0.2) is 0 Å². The number of halogens is 3. The first-order valence-electron chi connectivity index (χ1n) is 5.62. The smallest absolute Gasteiger partial charge is 0.450 e. The van der Waals surface area contributed by atoms with Gasteiger partial charge in [0.05, 0.1) is 7.11 Å². The number of rotatable bonds is 1. The molecule has 0 amide bonds. The van der Waals surface area contributed by atoms with E-state index in [0.29, 0.717) is 5.56 Å². The third kappa shape index (κ3) is 2.24. The number of esters is 1. The Morgan fingerprint density at radius 1 is 1.40 bits per heavy atom. The van der Waals surface area contributed by atoms with Gasteiger partial charge in [-0.1, -0.05) is 18.2 Å². The number of para-hydroxylation sites is 1. The predicted octanol–water partition coefficient (Wildman–Crippen LogP) is 2.41. The SMILES string of the molecule is COC(=O)C1=C(C(F)(F)F)Oc2c(C)cccc2C1O. The number of benzene rings is 1. The van der Waals surface area contributed by atoms with Crippen molar-refractivity contribution >= 4 is 5.97 Å². The molecule has 0 fully saturated rings. The molecule has 0 aliphatic carbocycles. The van der Waals surface area contributed by atoms with Gasteiger partial charge in [0, 0.05) is 5.56 Å². The van der Waals surface area contributed by atoms with Crippen molar-refractivity contribution < 1.29 is 32.5 Å². The van der Waals surface area contributed by atoms with E-state index >= 15 is 0 Å². The maximum Gasteiger partial charge on any atom is 0.450 e. The Kier molecular flexibility index (Phi) is 3.47. The zero-order valence-corrected chi connectivity index (χ0v) is 10.6. The van der Waals surface area contributed by atoms with Crippen LogP contribution in [-0.2, 0) is 9.53 Å². The highest BCUT2D eigenvalue weighted by Gasteiger charge is 2.47. The van der Waals surface area contributed by atoms with Gasteiger partial charge in [0.25, 0.3) is 0 Å². The molecule has 0 bridgehead atoms. The molecule has 0 saturated carbocycles. The first kappa shape index (κ1) is 14.4. The second-order valence-corrected chi connectivity index (χ2v) is 4.23. The number of aryl methyl sites for hydroxylation is 1. The van der Waals surface area contributed by atoms with Crippen LogP contribution in [0.1, 0.15) is 17.2 Å². The zero-order valence-electron chi connectivity index (χ0n) is 10.6. The van der Waals surface area contributed by atoms with Gasteiger partial charge in [-0.25, -0.2) is 4.79 Å². The number of ether oxygens (including phenoxy) is 2. The van der Waals surface area contributed by atoms with Gasteiger partial charge in [-0.05, 0) is 12.5 Å². The van der Waals surface area contributed by atoms with Crippen LogP contribution in [-0.4, -0.2) is 24.4 Å². The molecule has 0 saturated heterocycles. The third-order valence-electron chi connectivity index (χ3n) is 2.92. The molecule has 0 radical (unpaired) electrons. The fraction of sp³-hybridized carbons (Fsp3) is 0.308. The number of fused-ring (bicyclic) bond motifs is 1. The predicted molar refractivity (Wildman–Crippen MR) is 61.9 cm³/mol. The number of aliphatic hydroxyl groups is 1. The van der Waals surface area contributed by atoms with Crippen LogP contribution in [0.4, 0.5) is 13.2 Å². The van der Waals surface area contributed by atoms with E-state index < -0.39 is 29.6 Å². The van der Waals surface area contributed by atoms with Crippen LogP contribution in [0, 0.1) is 6.92 Å². The number of hydrogen-bond acceptors (Lipinski definition) is 4. The van der Waals surface area contributed by atoms with Crippen molar-refractivity contribution in [2.75, 3.05) is 7.11 Å². The zero-order chi connectivity index (χ0) is 15.1. The Morgan fingerprint density at radius 2 is 2.05 bits per heavy atom. The summed E-state index contributed by atoms with van der Waals surface area (Å²) >= 11 is 0. The Hall–Kier alpha value is -2.02. The molecule has 0 spiro atoms. The number of alkyl halides is 3. The molecule has 20 heavy (non-hydrogen) atoms. The van der Waals surface area contributed by atoms with Crippen molar-refractivity contribution in [3.63, 3.8) is 0 Å². The minimum absolute atomic E-state index is 0.0957. The van der Waals surface area contributed by atoms with Crippen molar-refractivity contribution in [2.24, 2.45) is 0 Å². The largest absolute Gasteiger partial charge is 0.465 e. The Morgan fingerprint density at radius 3 is 2.60 bits per heavy atom. The molecule has 1 aromatic carbocycles. The molecule has 1 aliphatic rings. The standard InChI is InChI=1S/C13H11F3O4/c1-6-4-3-5-7-9(17)8(12(18)19-2)11(13(14,15)16)20-10(6)7/h3-5,9,17H,1-2H3. The van der Waals surface area contributed by atoms with Gasteiger partial charge in [0.1, 0.15) is 17.4 Å². The van der Waals surface area contributed by atoms with Crippen molar-refractivity contribution in [1.29, 1.82) is 0 Å². The van der Waals surface area contributed by atoms with Gasteiger partial charge >= 0.3 is 12.1 Å². The van der Waals surface area contributed by atoms with E-state index in [0.717, 1.165) is 7.11 Å². The number of allylic oxidation sites excluding steroid dienone is 1. The van der Waals surface area contributed by atoms with E-state index in [1.165, 1.54) is 6.07 Å². The Balaban J connectivity index is 2.66. The van der Waals surface area contributed by atoms with Crippen molar-refractivity contribution in [1.82, 2.24) is 0 Å². The molecule has 108 valence electrons. The fourth-order valence-electron chi connectivity index (χ4n) is 1.99. The molecule has 1 N–H and O–H groups in total. The van der Waals surface area contributed by atoms with Crippen LogP contribution in [0.2, 0.25) is 0 Å². The van der Waals surface area contributed by atoms with Gasteiger partial charge < -0.3 is 14.6 Å². The molecular weight excluding hydrogens is 277 g/mol. The molecule has 1 heterocycles. The maximum atomic E-state index is 13.0. The highest BCUT2D eigenvalue weighted by molar-refractivity contribution is 5.91. The summed E-state index contributed by atoms with van der Waals surface area (Å²) in [5.74, 6) is -2.92. The normalized spacial score (nSPS) is 18.4. The van der Waals surface area contributed by atoms with Gasteiger partial charge in [-0.2, -0.15) is 13.2 Å². The molecule has 2 rings (SSSR count). The molecule has 4 nitrogen and oxygen atoms in total. The lowest BCUT2D eigenvalue weighted by Crippen LogP contribution is -2.30. The first-order chi connectivity index (χ1) is 9.27. The van der Waals surface area contributed by atoms with Crippen molar-refractivity contribution in [3.05, 3.63) is 40.7 Å². The second kappa shape index (κ2) is 4.82. The monoisotopic (exact) mass is 288 g/mol. The number of methoxy groups -OCH3 is 1. The molecule has 0 aromatic heterocycles. The molecule has 1 aromatic rings. The Labute approximate surface area is 112 Å². The van der Waals surface area contributed by atoms with Crippen molar-refractivity contribution in [3.8, 4) is 5.75 Å². The molecule has 1 atom stereocenters. The summed E-state index contributed by atoms with van der Waals surface area (Å²) in [4.78, 5) is 11.5. The van der Waals surface area contributed by atoms with E-state index in [2.05, 4.69) is 4.74 Å². The maximum absolute atomic E-state index is 13.0. The highest BCUT2D eigenvalue weighted by atomic mass is 19.4. The topological polar surface area (TPSA) is 55.8 Å². The molecule has 1 unspecified atom stereocenters. The average Bonchev–Trinajstić information content (AvgIpc) is 2.37. The second-order valence-electron chi connectivity index (χ2n) is 4.23. The number of hydrogen-bond donors (Lipinski definition) is 1. The number of aliphatic hydroxyl groups excluding tert-OH is 1. The minimum atomic E-state index is -4.91. The lowest BCUT2D eigenvalue weighted by molar-refractivity contribution is -0.142. The summed E-state index contributed by atoms with van der Waals surface area (Å²) in [6.45, 7) is 1.54. The Bertz CT molecular complexity index is 590. The van der Waals surface area contributed by atoms with Crippen LogP contribution < -0.4 is 4.74 Å². The summed E-state index contributed by atoms with van der Waals surface area (Å²) in [5.41, 5.74) is -0.427. The van der Waals surface area contributed by atoms with Gasteiger partial charge in [0.2, 0.25) is 5.76 Å². The van der Waals surface area contributed by atoms with Crippen molar-refractivity contribution in [2.45, 2.75) is 19.2 Å². The van der Waals surface area contributed by atoms with Crippen LogP contribution in [0.15, 0.2) is 29.5 Å². The fourth-order valence-corrected chi connectivity index (χ4v) is 1.99. The van der Waals surface area contributed by atoms with Crippen LogP contribution in [0.3, 0.4) is 0 Å². The van der Waals surface area contributed by atoms with E-state index in [1.54, 1.807) is 19.1 Å². The van der Waals surface area contributed by atoms with E-state index in [-0.39, 0.29) is 11.3 Å². The highest BCUT2D eigenvalue weighted by Crippen LogP contribution is 2.44. The van der Waals surface area contributed by atoms with E-state index in [4.69, 9.17) is 4.74 Å². The lowest BCUT2D eigenvalue weighted by atomic mass is 9.95. The lowest BCUT2D eigenvalue weighted by Gasteiger charge is -2.28. The molecule has 1 aliphatic heterocycles. The van der Waals surface area contributed by atoms with E-state index in [9.17, 15) is 23.1 Å². The summed E-state index contributed by atoms with van der Waals surface area (Å²) in [5, 5.41) is 10.0. The number of carbonyl (C=O) groups excluding carboxylic acids is 1. The molecular formula is C13H11F3O4. The number of carbonyl (C=O) groups is 1. The van der Waals surface area contributed by atoms with Crippen LogP contribution >= 0.6 is 0 Å². The average molecular weight is 288 g/mol. The summed E-state index contributed by atoms with van der Waals surface area (Å²) in [6, 6.07) is 4.49. The van der Waals surface area contributed by atoms with Crippen LogP contribution in [0.5, 0.6) is 5.75 Å². The van der Waals surface area contributed by atoms with E-state index in [1.807, 2.05) is 0 Å². The van der Waals surface area contributed by atoms with Crippen LogP contribution in [0.25, 0.3) is 0 Å². The van der Waals surface area contributed by atoms with Gasteiger partial charge in [-0.3, -0.25) is 0 Å². The molecule has 7 heteroatoms. The first-order valence-corrected chi connectivity index (χ1v) is 5.62. The minimum Gasteiger partial charge on any atom is -0.465 e. The third-order valence-corrected chi connectivity index (χ3v) is 2.92. The van der Waals surface area contributed by atoms with Gasteiger partial charge in [-0.15, -0.1) is 0 Å².